The zero-order valence-corrected chi connectivity index (χ0v) is 18.6. The monoisotopic (exact) mass is 460 g/mol. The van der Waals surface area contributed by atoms with Crippen LogP contribution >= 0.6 is 15.9 Å². The number of rotatable bonds is 4. The van der Waals surface area contributed by atoms with Crippen molar-refractivity contribution in [3.05, 3.63) is 82.0 Å². The van der Waals surface area contributed by atoms with Crippen molar-refractivity contribution in [1.82, 2.24) is 29.5 Å². The molecular weight excluding hydrogens is 440 g/mol. The van der Waals surface area contributed by atoms with Gasteiger partial charge in [0.1, 0.15) is 5.82 Å². The van der Waals surface area contributed by atoms with Crippen LogP contribution in [0.3, 0.4) is 0 Å². The second kappa shape index (κ2) is 7.25. The summed E-state index contributed by atoms with van der Waals surface area (Å²) in [7, 11) is 1.90. The third kappa shape index (κ3) is 3.25. The molecule has 30 heavy (non-hydrogen) atoms. The van der Waals surface area contributed by atoms with E-state index in [1.807, 2.05) is 17.9 Å². The molecule has 5 aromatic rings. The predicted molar refractivity (Wildman–Crippen MR) is 122 cm³/mol. The average Bonchev–Trinajstić information content (AvgIpc) is 3.41. The molecule has 0 amide bonds. The van der Waals surface area contributed by atoms with E-state index in [2.05, 4.69) is 82.5 Å². The Morgan fingerprint density at radius 1 is 1.10 bits per heavy atom. The molecule has 150 valence electrons. The van der Waals surface area contributed by atoms with Gasteiger partial charge in [-0.25, -0.2) is 9.67 Å². The fraction of sp³-hybridized carbons (Fsp3) is 0.174. The van der Waals surface area contributed by atoms with E-state index in [-0.39, 0.29) is 0 Å². The number of halogens is 1. The lowest BCUT2D eigenvalue weighted by Gasteiger charge is -2.12. The van der Waals surface area contributed by atoms with Crippen LogP contribution in [0, 0.1) is 13.8 Å². The standard InChI is InChI=1S/C23H21BrN6/c1-14-5-4-6-15(2)22(14)30-21(27-23(28-30)17-12-26-29(3)13-17)9-16-11-25-20-10-18(24)7-8-19(16)20/h4-8,10-13,25H,9H2,1-3H3. The van der Waals surface area contributed by atoms with Crippen molar-refractivity contribution in [1.29, 1.82) is 0 Å². The van der Waals surface area contributed by atoms with E-state index in [0.29, 0.717) is 12.2 Å². The number of hydrogen-bond donors (Lipinski definition) is 1. The Kier molecular flexibility index (Phi) is 4.55. The lowest BCUT2D eigenvalue weighted by atomic mass is 10.1. The maximum absolute atomic E-state index is 4.93. The number of nitrogens with zero attached hydrogens (tertiary/aromatic N) is 5. The fourth-order valence-corrected chi connectivity index (χ4v) is 4.27. The topological polar surface area (TPSA) is 64.3 Å². The first-order chi connectivity index (χ1) is 14.5. The molecule has 0 radical (unpaired) electrons. The molecule has 1 N–H and O–H groups in total. The first-order valence-corrected chi connectivity index (χ1v) is 10.6. The molecule has 0 saturated carbocycles. The summed E-state index contributed by atoms with van der Waals surface area (Å²) >= 11 is 3.54. The summed E-state index contributed by atoms with van der Waals surface area (Å²) in [6.45, 7) is 4.22. The van der Waals surface area contributed by atoms with Gasteiger partial charge in [-0.3, -0.25) is 4.68 Å². The van der Waals surface area contributed by atoms with Crippen molar-refractivity contribution in [2.75, 3.05) is 0 Å². The molecule has 0 bridgehead atoms. The number of aromatic nitrogens is 6. The van der Waals surface area contributed by atoms with Crippen molar-refractivity contribution in [3.8, 4) is 17.1 Å². The predicted octanol–water partition coefficient (Wildman–Crippen LogP) is 5.12. The Labute approximate surface area is 182 Å². The number of para-hydroxylation sites is 1. The molecule has 3 heterocycles. The van der Waals surface area contributed by atoms with Crippen molar-refractivity contribution in [2.24, 2.45) is 7.05 Å². The van der Waals surface area contributed by atoms with Gasteiger partial charge in [-0.15, -0.1) is 5.10 Å². The highest BCUT2D eigenvalue weighted by atomic mass is 79.9. The minimum absolute atomic E-state index is 0.669. The Bertz CT molecular complexity index is 1350. The van der Waals surface area contributed by atoms with Gasteiger partial charge >= 0.3 is 0 Å². The molecule has 0 atom stereocenters. The molecule has 0 aliphatic carbocycles. The number of benzene rings is 2. The molecule has 3 aromatic heterocycles. The summed E-state index contributed by atoms with van der Waals surface area (Å²) in [5.74, 6) is 1.58. The fourth-order valence-electron chi connectivity index (χ4n) is 3.91. The summed E-state index contributed by atoms with van der Waals surface area (Å²) in [5.41, 5.74) is 6.62. The van der Waals surface area contributed by atoms with E-state index in [0.717, 1.165) is 27.1 Å². The molecule has 0 unspecified atom stereocenters. The largest absolute Gasteiger partial charge is 0.361 e. The van der Waals surface area contributed by atoms with Crippen molar-refractivity contribution in [3.63, 3.8) is 0 Å². The van der Waals surface area contributed by atoms with E-state index < -0.39 is 0 Å². The zero-order valence-electron chi connectivity index (χ0n) is 17.0. The highest BCUT2D eigenvalue weighted by Gasteiger charge is 2.18. The van der Waals surface area contributed by atoms with E-state index in [4.69, 9.17) is 10.1 Å². The van der Waals surface area contributed by atoms with Crippen LogP contribution in [0.15, 0.2) is 59.5 Å². The quantitative estimate of drug-likeness (QED) is 0.404. The highest BCUT2D eigenvalue weighted by molar-refractivity contribution is 9.10. The van der Waals surface area contributed by atoms with Crippen LogP contribution in [-0.2, 0) is 13.5 Å². The van der Waals surface area contributed by atoms with E-state index >= 15 is 0 Å². The molecular formula is C23H21BrN6. The van der Waals surface area contributed by atoms with Gasteiger partial charge in [0.05, 0.1) is 17.4 Å². The van der Waals surface area contributed by atoms with Crippen molar-refractivity contribution < 1.29 is 0 Å². The Morgan fingerprint density at radius 2 is 1.90 bits per heavy atom. The molecule has 7 heteroatoms. The minimum atomic E-state index is 0.669. The summed E-state index contributed by atoms with van der Waals surface area (Å²) in [4.78, 5) is 8.30. The Balaban J connectivity index is 1.66. The Hall–Kier alpha value is -3.19. The van der Waals surface area contributed by atoms with E-state index in [1.54, 1.807) is 10.9 Å². The summed E-state index contributed by atoms with van der Waals surface area (Å²) < 4.78 is 4.82. The van der Waals surface area contributed by atoms with Gasteiger partial charge in [0.15, 0.2) is 5.82 Å². The third-order valence-corrected chi connectivity index (χ3v) is 5.86. The van der Waals surface area contributed by atoms with Gasteiger partial charge in [-0.05, 0) is 42.7 Å². The molecule has 0 fully saturated rings. The number of H-pyrrole nitrogens is 1. The SMILES string of the molecule is Cc1cccc(C)c1-n1nc(-c2cnn(C)c2)nc1Cc1c[nH]c2cc(Br)ccc12. The van der Waals surface area contributed by atoms with Crippen LogP contribution in [0.2, 0.25) is 0 Å². The number of fused-ring (bicyclic) bond motifs is 1. The van der Waals surface area contributed by atoms with Crippen LogP contribution in [0.1, 0.15) is 22.5 Å². The smallest absolute Gasteiger partial charge is 0.185 e. The molecule has 0 aliphatic rings. The van der Waals surface area contributed by atoms with Gasteiger partial charge in [0.25, 0.3) is 0 Å². The first-order valence-electron chi connectivity index (χ1n) is 9.76. The van der Waals surface area contributed by atoms with Gasteiger partial charge < -0.3 is 4.98 Å². The minimum Gasteiger partial charge on any atom is -0.361 e. The summed E-state index contributed by atoms with van der Waals surface area (Å²) in [6, 6.07) is 12.6. The lowest BCUT2D eigenvalue weighted by molar-refractivity contribution is 0.768. The lowest BCUT2D eigenvalue weighted by Crippen LogP contribution is -2.07. The zero-order chi connectivity index (χ0) is 20.8. The van der Waals surface area contributed by atoms with Crippen molar-refractivity contribution in [2.45, 2.75) is 20.3 Å². The van der Waals surface area contributed by atoms with Gasteiger partial charge in [0, 0.05) is 41.2 Å². The number of aromatic amines is 1. The van der Waals surface area contributed by atoms with Crippen LogP contribution in [-0.4, -0.2) is 29.5 Å². The maximum Gasteiger partial charge on any atom is 0.185 e. The molecule has 6 nitrogen and oxygen atoms in total. The number of hydrogen-bond acceptors (Lipinski definition) is 3. The first kappa shape index (κ1) is 18.8. The molecule has 0 spiro atoms. The second-order valence-corrected chi connectivity index (χ2v) is 8.50. The van der Waals surface area contributed by atoms with Gasteiger partial charge in [0.2, 0.25) is 0 Å². The molecule has 5 rings (SSSR count). The highest BCUT2D eigenvalue weighted by Crippen LogP contribution is 2.27. The maximum atomic E-state index is 4.93. The van der Waals surface area contributed by atoms with E-state index in [9.17, 15) is 0 Å². The van der Waals surface area contributed by atoms with Crippen LogP contribution in [0.25, 0.3) is 28.0 Å². The molecule has 0 aliphatic heterocycles. The number of nitrogens with one attached hydrogen (secondary N) is 1. The van der Waals surface area contributed by atoms with Crippen LogP contribution in [0.4, 0.5) is 0 Å². The van der Waals surface area contributed by atoms with E-state index in [1.165, 1.54) is 22.1 Å². The normalized spacial score (nSPS) is 11.5. The van der Waals surface area contributed by atoms with Gasteiger partial charge in [-0.2, -0.15) is 5.10 Å². The number of aryl methyl sites for hydroxylation is 3. The second-order valence-electron chi connectivity index (χ2n) is 7.59. The average molecular weight is 461 g/mol. The third-order valence-electron chi connectivity index (χ3n) is 5.37. The summed E-state index contributed by atoms with van der Waals surface area (Å²) in [5, 5.41) is 10.4. The summed E-state index contributed by atoms with van der Waals surface area (Å²) in [6.07, 6.45) is 6.47. The Morgan fingerprint density at radius 3 is 2.63 bits per heavy atom. The van der Waals surface area contributed by atoms with Gasteiger partial charge in [-0.1, -0.05) is 40.2 Å². The van der Waals surface area contributed by atoms with Crippen LogP contribution in [0.5, 0.6) is 0 Å². The van der Waals surface area contributed by atoms with Crippen LogP contribution < -0.4 is 0 Å². The molecule has 0 saturated heterocycles. The molecule has 2 aromatic carbocycles. The van der Waals surface area contributed by atoms with Crippen molar-refractivity contribution >= 4 is 26.8 Å².